The third-order valence-corrected chi connectivity index (χ3v) is 3.88. The second-order valence-electron chi connectivity index (χ2n) is 5.09. The van der Waals surface area contributed by atoms with Crippen LogP contribution in [-0.4, -0.2) is 22.5 Å². The van der Waals surface area contributed by atoms with Crippen molar-refractivity contribution in [3.63, 3.8) is 0 Å². The predicted molar refractivity (Wildman–Crippen MR) is 72.3 cm³/mol. The van der Waals surface area contributed by atoms with Gasteiger partial charge in [0.2, 0.25) is 0 Å². The highest BCUT2D eigenvalue weighted by molar-refractivity contribution is 5.92. The molecule has 2 aromatic heterocycles. The lowest BCUT2D eigenvalue weighted by Crippen LogP contribution is -2.30. The van der Waals surface area contributed by atoms with E-state index in [1.807, 2.05) is 18.7 Å². The molecule has 1 saturated heterocycles. The highest BCUT2D eigenvalue weighted by Crippen LogP contribution is 2.36. The molecule has 1 aliphatic heterocycles. The first-order chi connectivity index (χ1) is 9.72. The van der Waals surface area contributed by atoms with E-state index in [-0.39, 0.29) is 11.9 Å². The van der Waals surface area contributed by atoms with Crippen molar-refractivity contribution < 1.29 is 13.7 Å². The van der Waals surface area contributed by atoms with Crippen LogP contribution in [0.2, 0.25) is 0 Å². The molecule has 0 aliphatic carbocycles. The number of amides is 1. The zero-order valence-corrected chi connectivity index (χ0v) is 11.8. The number of hydrogen-bond acceptors (Lipinski definition) is 4. The Morgan fingerprint density at radius 2 is 2.40 bits per heavy atom. The van der Waals surface area contributed by atoms with Crippen LogP contribution in [0.1, 0.15) is 53.4 Å². The Kier molecular flexibility index (Phi) is 3.34. The maximum Gasteiger partial charge on any atom is 0.290 e. The van der Waals surface area contributed by atoms with Gasteiger partial charge in [-0.25, -0.2) is 0 Å². The number of furan rings is 1. The third-order valence-electron chi connectivity index (χ3n) is 3.88. The van der Waals surface area contributed by atoms with Crippen LogP contribution in [0.15, 0.2) is 27.3 Å². The summed E-state index contributed by atoms with van der Waals surface area (Å²) in [5.41, 5.74) is 1.95. The van der Waals surface area contributed by atoms with Gasteiger partial charge in [0, 0.05) is 18.5 Å². The second-order valence-corrected chi connectivity index (χ2v) is 5.09. The molecule has 0 saturated carbocycles. The predicted octanol–water partition coefficient (Wildman–Crippen LogP) is 3.12. The first-order valence-corrected chi connectivity index (χ1v) is 7.02. The molecule has 0 N–H and O–H groups in total. The molecular weight excluding hydrogens is 256 g/mol. The normalized spacial score (nSPS) is 18.7. The fourth-order valence-corrected chi connectivity index (χ4v) is 2.96. The molecule has 0 unspecified atom stereocenters. The van der Waals surface area contributed by atoms with Crippen molar-refractivity contribution in [1.29, 1.82) is 0 Å². The van der Waals surface area contributed by atoms with Gasteiger partial charge in [-0.1, -0.05) is 12.1 Å². The van der Waals surface area contributed by atoms with Crippen LogP contribution in [0.25, 0.3) is 0 Å². The monoisotopic (exact) mass is 274 g/mol. The molecule has 5 heteroatoms. The average Bonchev–Trinajstić information content (AvgIpc) is 3.17. The van der Waals surface area contributed by atoms with E-state index in [9.17, 15) is 4.79 Å². The van der Waals surface area contributed by atoms with E-state index in [1.54, 1.807) is 12.1 Å². The third kappa shape index (κ3) is 2.03. The Balaban J connectivity index is 1.93. The summed E-state index contributed by atoms with van der Waals surface area (Å²) >= 11 is 0. The van der Waals surface area contributed by atoms with Crippen LogP contribution in [-0.2, 0) is 6.42 Å². The van der Waals surface area contributed by atoms with E-state index < -0.39 is 0 Å². The van der Waals surface area contributed by atoms with Gasteiger partial charge in [0.1, 0.15) is 5.76 Å². The number of hydrogen-bond donors (Lipinski definition) is 0. The summed E-state index contributed by atoms with van der Waals surface area (Å²) in [5.74, 6) is 1.22. The molecular formula is C15H18N2O3. The van der Waals surface area contributed by atoms with Crippen LogP contribution in [0.5, 0.6) is 0 Å². The Bertz CT molecular complexity index is 601. The van der Waals surface area contributed by atoms with Crippen molar-refractivity contribution in [3.8, 4) is 0 Å². The van der Waals surface area contributed by atoms with Gasteiger partial charge in [0.05, 0.1) is 18.0 Å². The number of carbonyl (C=O) groups is 1. The first kappa shape index (κ1) is 13.0. The van der Waals surface area contributed by atoms with Gasteiger partial charge < -0.3 is 13.8 Å². The number of aryl methyl sites for hydroxylation is 2. The lowest BCUT2D eigenvalue weighted by atomic mass is 10.0. The molecule has 3 heterocycles. The van der Waals surface area contributed by atoms with Crippen LogP contribution in [0, 0.1) is 6.92 Å². The van der Waals surface area contributed by atoms with E-state index in [0.29, 0.717) is 5.76 Å². The van der Waals surface area contributed by atoms with Crippen molar-refractivity contribution in [2.24, 2.45) is 0 Å². The van der Waals surface area contributed by atoms with Gasteiger partial charge in [0.25, 0.3) is 5.91 Å². The summed E-state index contributed by atoms with van der Waals surface area (Å²) in [6.07, 6.45) is 4.25. The van der Waals surface area contributed by atoms with Crippen LogP contribution >= 0.6 is 0 Å². The number of carbonyl (C=O) groups excluding carboxylic acids is 1. The maximum absolute atomic E-state index is 12.5. The molecule has 0 bridgehead atoms. The van der Waals surface area contributed by atoms with Gasteiger partial charge in [-0.2, -0.15) is 0 Å². The molecule has 5 nitrogen and oxygen atoms in total. The van der Waals surface area contributed by atoms with Crippen molar-refractivity contribution >= 4 is 5.91 Å². The van der Waals surface area contributed by atoms with E-state index in [4.69, 9.17) is 8.94 Å². The number of nitrogens with zero attached hydrogens (tertiary/aromatic N) is 2. The van der Waals surface area contributed by atoms with Gasteiger partial charge in [0.15, 0.2) is 5.76 Å². The summed E-state index contributed by atoms with van der Waals surface area (Å²) in [6.45, 7) is 4.72. The standard InChI is InChI=1S/C15H18N2O3/c1-3-12-14(10(2)16-20-12)11-6-4-8-17(11)15(18)13-7-5-9-19-13/h5,7,9,11H,3-4,6,8H2,1-2H3/t11-/m0/s1. The number of likely N-dealkylation sites (tertiary alicyclic amines) is 1. The van der Waals surface area contributed by atoms with E-state index in [2.05, 4.69) is 5.16 Å². The Morgan fingerprint density at radius 3 is 3.10 bits per heavy atom. The summed E-state index contributed by atoms with van der Waals surface area (Å²) < 4.78 is 10.6. The van der Waals surface area contributed by atoms with Gasteiger partial charge in [-0.05, 0) is 31.9 Å². The molecule has 1 fully saturated rings. The second kappa shape index (κ2) is 5.15. The molecule has 20 heavy (non-hydrogen) atoms. The van der Waals surface area contributed by atoms with Gasteiger partial charge in [-0.15, -0.1) is 0 Å². The van der Waals surface area contributed by atoms with Crippen molar-refractivity contribution in [2.75, 3.05) is 6.54 Å². The minimum Gasteiger partial charge on any atom is -0.459 e. The van der Waals surface area contributed by atoms with E-state index in [0.717, 1.165) is 42.8 Å². The Hall–Kier alpha value is -2.04. The number of aromatic nitrogens is 1. The summed E-state index contributed by atoms with van der Waals surface area (Å²) in [6, 6.07) is 3.49. The molecule has 106 valence electrons. The molecule has 1 amide bonds. The average molecular weight is 274 g/mol. The van der Waals surface area contributed by atoms with E-state index in [1.165, 1.54) is 6.26 Å². The Labute approximate surface area is 117 Å². The maximum atomic E-state index is 12.5. The lowest BCUT2D eigenvalue weighted by molar-refractivity contribution is 0.0702. The number of rotatable bonds is 3. The Morgan fingerprint density at radius 1 is 1.55 bits per heavy atom. The van der Waals surface area contributed by atoms with Crippen molar-refractivity contribution in [1.82, 2.24) is 10.1 Å². The quantitative estimate of drug-likeness (QED) is 0.862. The summed E-state index contributed by atoms with van der Waals surface area (Å²) in [5, 5.41) is 4.05. The van der Waals surface area contributed by atoms with Crippen LogP contribution < -0.4 is 0 Å². The fourth-order valence-electron chi connectivity index (χ4n) is 2.96. The smallest absolute Gasteiger partial charge is 0.290 e. The molecule has 1 aliphatic rings. The lowest BCUT2D eigenvalue weighted by Gasteiger charge is -2.24. The van der Waals surface area contributed by atoms with Gasteiger partial charge >= 0.3 is 0 Å². The molecule has 1 atom stereocenters. The zero-order valence-electron chi connectivity index (χ0n) is 11.8. The minimum atomic E-state index is -0.0554. The van der Waals surface area contributed by atoms with Gasteiger partial charge in [-0.3, -0.25) is 4.79 Å². The first-order valence-electron chi connectivity index (χ1n) is 7.02. The molecule has 0 radical (unpaired) electrons. The topological polar surface area (TPSA) is 59.5 Å². The minimum absolute atomic E-state index is 0.0498. The van der Waals surface area contributed by atoms with Crippen molar-refractivity contribution in [3.05, 3.63) is 41.2 Å². The highest BCUT2D eigenvalue weighted by atomic mass is 16.5. The summed E-state index contributed by atoms with van der Waals surface area (Å²) in [4.78, 5) is 14.4. The largest absolute Gasteiger partial charge is 0.459 e. The molecule has 2 aromatic rings. The molecule has 0 aromatic carbocycles. The zero-order chi connectivity index (χ0) is 14.1. The van der Waals surface area contributed by atoms with Crippen LogP contribution in [0.3, 0.4) is 0 Å². The summed E-state index contributed by atoms with van der Waals surface area (Å²) in [7, 11) is 0. The fraction of sp³-hybridized carbons (Fsp3) is 0.467. The molecule has 0 spiro atoms. The van der Waals surface area contributed by atoms with Crippen LogP contribution in [0.4, 0.5) is 0 Å². The highest BCUT2D eigenvalue weighted by Gasteiger charge is 2.35. The SMILES string of the molecule is CCc1onc(C)c1[C@@H]1CCCN1C(=O)c1ccco1. The van der Waals surface area contributed by atoms with Crippen molar-refractivity contribution in [2.45, 2.75) is 39.2 Å². The van der Waals surface area contributed by atoms with E-state index >= 15 is 0 Å². The molecule has 3 rings (SSSR count).